The second-order valence-corrected chi connectivity index (χ2v) is 13.5. The van der Waals surface area contributed by atoms with E-state index in [1.54, 1.807) is 86.0 Å². The number of rotatable bonds is 10. The van der Waals surface area contributed by atoms with Gasteiger partial charge in [-0.1, -0.05) is 17.7 Å². The standard InChI is InChI=1S/C33H44ClN5O6/c1-20(13-10-11-18-35-31(43)45-33(5,6)7)39-26-24(17-16-23(34)25(26)28(41)38(8)9)36-30(39)37-27(40)21-14-12-15-22(19-21)29(42)44-32(2,3)4/h12,14-17,19-20H,10-11,13,18H2,1-9H3,(H,35,43)(H,36,37,40)/t20-/m0/s1. The van der Waals surface area contributed by atoms with Crippen molar-refractivity contribution < 1.29 is 28.7 Å². The Morgan fingerprint density at radius 1 is 0.956 bits per heavy atom. The quantitative estimate of drug-likeness (QED) is 0.183. The minimum absolute atomic E-state index is 0.229. The topological polar surface area (TPSA) is 132 Å². The van der Waals surface area contributed by atoms with Crippen LogP contribution >= 0.6 is 11.6 Å². The van der Waals surface area contributed by atoms with Crippen LogP contribution in [0.4, 0.5) is 10.7 Å². The van der Waals surface area contributed by atoms with Gasteiger partial charge in [0, 0.05) is 32.2 Å². The molecule has 0 bridgehead atoms. The Balaban J connectivity index is 1.92. The van der Waals surface area contributed by atoms with Gasteiger partial charge in [0.15, 0.2) is 0 Å². The van der Waals surface area contributed by atoms with Crippen molar-refractivity contribution in [3.63, 3.8) is 0 Å². The SMILES string of the molecule is C[C@@H](CCCCNC(=O)OC(C)(C)C)n1c(NC(=O)c2cccc(C(=O)OC(C)(C)C)c2)nc2ccc(Cl)c(C(=O)N(C)C)c21. The van der Waals surface area contributed by atoms with Crippen molar-refractivity contribution in [1.82, 2.24) is 19.8 Å². The first-order valence-corrected chi connectivity index (χ1v) is 15.3. The van der Waals surface area contributed by atoms with Crippen LogP contribution in [-0.4, -0.2) is 70.2 Å². The molecule has 0 radical (unpaired) electrons. The molecule has 0 saturated carbocycles. The minimum atomic E-state index is -0.689. The number of aromatic nitrogens is 2. The average Bonchev–Trinajstić information content (AvgIpc) is 3.28. The molecule has 12 heteroatoms. The number of halogens is 1. The fraction of sp³-hybridized carbons (Fsp3) is 0.485. The van der Waals surface area contributed by atoms with Gasteiger partial charge in [-0.2, -0.15) is 0 Å². The van der Waals surface area contributed by atoms with Gasteiger partial charge < -0.3 is 24.3 Å². The van der Waals surface area contributed by atoms with Crippen molar-refractivity contribution in [3.05, 3.63) is 58.1 Å². The molecule has 2 N–H and O–H groups in total. The van der Waals surface area contributed by atoms with E-state index in [9.17, 15) is 19.2 Å². The molecule has 0 unspecified atom stereocenters. The molecule has 0 fully saturated rings. The number of nitrogens with zero attached hydrogens (tertiary/aromatic N) is 3. The minimum Gasteiger partial charge on any atom is -0.456 e. The van der Waals surface area contributed by atoms with Crippen LogP contribution in [-0.2, 0) is 9.47 Å². The molecule has 1 atom stereocenters. The summed E-state index contributed by atoms with van der Waals surface area (Å²) in [5.74, 6) is -1.10. The number of anilines is 1. The van der Waals surface area contributed by atoms with Crippen LogP contribution in [0, 0.1) is 0 Å². The van der Waals surface area contributed by atoms with E-state index in [1.807, 2.05) is 11.5 Å². The third kappa shape index (κ3) is 9.68. The van der Waals surface area contributed by atoms with Crippen molar-refractivity contribution in [2.24, 2.45) is 0 Å². The van der Waals surface area contributed by atoms with E-state index in [-0.39, 0.29) is 39.6 Å². The molecule has 45 heavy (non-hydrogen) atoms. The fourth-order valence-corrected chi connectivity index (χ4v) is 4.84. The molecule has 0 aliphatic carbocycles. The number of hydrogen-bond acceptors (Lipinski definition) is 7. The first-order valence-electron chi connectivity index (χ1n) is 14.9. The summed E-state index contributed by atoms with van der Waals surface area (Å²) in [5.41, 5.74) is 0.467. The van der Waals surface area contributed by atoms with E-state index >= 15 is 0 Å². The summed E-state index contributed by atoms with van der Waals surface area (Å²) in [6.45, 7) is 13.1. The molecule has 2 aromatic carbocycles. The van der Waals surface area contributed by atoms with Crippen molar-refractivity contribution in [2.45, 2.75) is 85.0 Å². The van der Waals surface area contributed by atoms with Gasteiger partial charge >= 0.3 is 12.1 Å². The molecule has 0 aliphatic heterocycles. The summed E-state index contributed by atoms with van der Waals surface area (Å²) < 4.78 is 12.6. The molecular formula is C33H44ClN5O6. The number of hydrogen-bond donors (Lipinski definition) is 2. The van der Waals surface area contributed by atoms with Crippen LogP contribution in [0.15, 0.2) is 36.4 Å². The van der Waals surface area contributed by atoms with Gasteiger partial charge in [-0.25, -0.2) is 14.6 Å². The maximum atomic E-state index is 13.5. The summed E-state index contributed by atoms with van der Waals surface area (Å²) in [5, 5.41) is 5.91. The molecule has 3 rings (SSSR count). The number of unbranched alkanes of at least 4 members (excludes halogenated alkanes) is 1. The lowest BCUT2D eigenvalue weighted by atomic mass is 10.1. The lowest BCUT2D eigenvalue weighted by Crippen LogP contribution is -2.33. The van der Waals surface area contributed by atoms with Gasteiger partial charge in [-0.15, -0.1) is 0 Å². The van der Waals surface area contributed by atoms with Gasteiger partial charge in [-0.3, -0.25) is 14.9 Å². The Labute approximate surface area is 269 Å². The predicted molar refractivity (Wildman–Crippen MR) is 175 cm³/mol. The zero-order chi connectivity index (χ0) is 33.7. The van der Waals surface area contributed by atoms with Crippen LogP contribution in [0.2, 0.25) is 5.02 Å². The van der Waals surface area contributed by atoms with Crippen molar-refractivity contribution >= 4 is 52.5 Å². The second kappa shape index (κ2) is 14.3. The van der Waals surface area contributed by atoms with Crippen LogP contribution in [0.25, 0.3) is 11.0 Å². The molecule has 244 valence electrons. The number of imidazole rings is 1. The summed E-state index contributed by atoms with van der Waals surface area (Å²) in [6.07, 6.45) is 1.57. The van der Waals surface area contributed by atoms with E-state index in [1.165, 1.54) is 11.0 Å². The molecule has 0 saturated heterocycles. The van der Waals surface area contributed by atoms with E-state index in [0.717, 1.165) is 6.42 Å². The monoisotopic (exact) mass is 641 g/mol. The Morgan fingerprint density at radius 2 is 1.60 bits per heavy atom. The highest BCUT2D eigenvalue weighted by Crippen LogP contribution is 2.34. The Hall–Kier alpha value is -4.12. The van der Waals surface area contributed by atoms with Gasteiger partial charge in [0.25, 0.3) is 11.8 Å². The second-order valence-electron chi connectivity index (χ2n) is 13.1. The Kier molecular flexibility index (Phi) is 11.3. The molecule has 1 aromatic heterocycles. The fourth-order valence-electron chi connectivity index (χ4n) is 4.60. The molecule has 0 aliphatic rings. The summed E-state index contributed by atoms with van der Waals surface area (Å²) in [6, 6.07) is 9.34. The number of fused-ring (bicyclic) bond motifs is 1. The molecule has 1 heterocycles. The van der Waals surface area contributed by atoms with Crippen molar-refractivity contribution in [3.8, 4) is 0 Å². The average molecular weight is 642 g/mol. The summed E-state index contributed by atoms with van der Waals surface area (Å²) in [7, 11) is 3.28. The zero-order valence-corrected chi connectivity index (χ0v) is 28.3. The van der Waals surface area contributed by atoms with Crippen LogP contribution < -0.4 is 10.6 Å². The number of ether oxygens (including phenoxy) is 2. The molecule has 3 aromatic rings. The maximum absolute atomic E-state index is 13.5. The highest BCUT2D eigenvalue weighted by atomic mass is 35.5. The molecular weight excluding hydrogens is 598 g/mol. The number of carbonyl (C=O) groups excluding carboxylic acids is 4. The zero-order valence-electron chi connectivity index (χ0n) is 27.5. The number of benzene rings is 2. The first kappa shape index (κ1) is 35.4. The van der Waals surface area contributed by atoms with Crippen molar-refractivity contribution in [1.29, 1.82) is 0 Å². The first-order chi connectivity index (χ1) is 20.9. The number of alkyl carbamates (subject to hydrolysis) is 1. The van der Waals surface area contributed by atoms with Gasteiger partial charge in [0.05, 0.1) is 27.2 Å². The van der Waals surface area contributed by atoms with E-state index < -0.39 is 29.2 Å². The Morgan fingerprint density at radius 3 is 2.22 bits per heavy atom. The van der Waals surface area contributed by atoms with Gasteiger partial charge in [0.1, 0.15) is 11.2 Å². The highest BCUT2D eigenvalue weighted by molar-refractivity contribution is 6.35. The number of nitrogens with one attached hydrogen (secondary N) is 2. The van der Waals surface area contributed by atoms with Crippen LogP contribution in [0.5, 0.6) is 0 Å². The van der Waals surface area contributed by atoms with Crippen LogP contribution in [0.3, 0.4) is 0 Å². The van der Waals surface area contributed by atoms with E-state index in [0.29, 0.717) is 30.4 Å². The van der Waals surface area contributed by atoms with Gasteiger partial charge in [0.2, 0.25) is 5.95 Å². The third-order valence-electron chi connectivity index (χ3n) is 6.56. The normalized spacial score (nSPS) is 12.4. The lowest BCUT2D eigenvalue weighted by molar-refractivity contribution is 0.00690. The molecule has 3 amide bonds. The number of amides is 3. The smallest absolute Gasteiger partial charge is 0.407 e. The van der Waals surface area contributed by atoms with Gasteiger partial charge in [-0.05, 0) is 98.1 Å². The summed E-state index contributed by atoms with van der Waals surface area (Å²) in [4.78, 5) is 57.6. The predicted octanol–water partition coefficient (Wildman–Crippen LogP) is 6.86. The molecule has 0 spiro atoms. The summed E-state index contributed by atoms with van der Waals surface area (Å²) >= 11 is 6.57. The Bertz CT molecular complexity index is 1570. The molecule has 11 nitrogen and oxygen atoms in total. The number of esters is 1. The van der Waals surface area contributed by atoms with Crippen LogP contribution in [0.1, 0.15) is 105 Å². The maximum Gasteiger partial charge on any atom is 0.407 e. The third-order valence-corrected chi connectivity index (χ3v) is 6.88. The van der Waals surface area contributed by atoms with E-state index in [4.69, 9.17) is 21.1 Å². The lowest BCUT2D eigenvalue weighted by Gasteiger charge is -2.21. The largest absolute Gasteiger partial charge is 0.456 e. The highest BCUT2D eigenvalue weighted by Gasteiger charge is 2.26. The number of carbonyl (C=O) groups is 4. The van der Waals surface area contributed by atoms with Crippen molar-refractivity contribution in [2.75, 3.05) is 26.0 Å². The van der Waals surface area contributed by atoms with E-state index in [2.05, 4.69) is 15.6 Å².